The quantitative estimate of drug-likeness (QED) is 0.497. The van der Waals surface area contributed by atoms with Gasteiger partial charge in [0, 0.05) is 12.8 Å². The average molecular weight is 204 g/mol. The molecule has 14 heavy (non-hydrogen) atoms. The molecule has 0 radical (unpaired) electrons. The first-order valence-corrected chi connectivity index (χ1v) is 5.07. The Morgan fingerprint density at radius 3 is 2.93 bits per heavy atom. The summed E-state index contributed by atoms with van der Waals surface area (Å²) in [6.45, 7) is 3.95. The second-order valence-corrected chi connectivity index (χ2v) is 3.65. The predicted molar refractivity (Wildman–Crippen MR) is 46.1 cm³/mol. The number of hydrogen-bond acceptors (Lipinski definition) is 5. The van der Waals surface area contributed by atoms with Crippen LogP contribution < -0.4 is 0 Å². The zero-order valence-corrected chi connectivity index (χ0v) is 8.36. The summed E-state index contributed by atoms with van der Waals surface area (Å²) in [5.41, 5.74) is 0. The normalized spacial score (nSPS) is 37.1. The molecule has 5 nitrogen and oxygen atoms in total. The molecule has 0 N–H and O–H groups in total. The summed E-state index contributed by atoms with van der Waals surface area (Å²) >= 11 is 0. The van der Waals surface area contributed by atoms with Crippen molar-refractivity contribution in [3.8, 4) is 0 Å². The van der Waals surface area contributed by atoms with Crippen LogP contribution in [0.25, 0.3) is 0 Å². The number of epoxide rings is 1. The van der Waals surface area contributed by atoms with Crippen LogP contribution in [0.3, 0.4) is 0 Å². The summed E-state index contributed by atoms with van der Waals surface area (Å²) in [6.07, 6.45) is 2.74. The summed E-state index contributed by atoms with van der Waals surface area (Å²) in [7, 11) is 0. The number of ether oxygens (including phenoxy) is 2. The largest absolute Gasteiger partial charge is 0.371 e. The van der Waals surface area contributed by atoms with Crippen molar-refractivity contribution in [2.75, 3.05) is 19.8 Å². The topological polar surface area (TPSA) is 49.5 Å². The Balaban J connectivity index is 1.82. The average Bonchev–Trinajstić information content (AvgIpc) is 3.00. The highest BCUT2D eigenvalue weighted by molar-refractivity contribution is 4.74. The van der Waals surface area contributed by atoms with Crippen LogP contribution in [0, 0.1) is 0 Å². The van der Waals surface area contributed by atoms with Crippen LogP contribution in [-0.4, -0.2) is 31.7 Å². The molecule has 2 unspecified atom stereocenters. The van der Waals surface area contributed by atoms with Crippen molar-refractivity contribution < 1.29 is 24.3 Å². The lowest BCUT2D eigenvalue weighted by Gasteiger charge is -2.33. The molecule has 0 saturated carbocycles. The van der Waals surface area contributed by atoms with E-state index in [1.165, 1.54) is 0 Å². The highest BCUT2D eigenvalue weighted by Gasteiger charge is 2.38. The molecule has 0 aromatic carbocycles. The van der Waals surface area contributed by atoms with Crippen molar-refractivity contribution in [1.29, 1.82) is 0 Å². The fraction of sp³-hybridized carbons (Fsp3) is 1.00. The van der Waals surface area contributed by atoms with Crippen LogP contribution in [0.2, 0.25) is 0 Å². The monoisotopic (exact) mass is 204 g/mol. The Labute approximate surface area is 83.1 Å². The Morgan fingerprint density at radius 1 is 1.50 bits per heavy atom. The third-order valence-corrected chi connectivity index (χ3v) is 2.37. The molecular formula is C9H16O5. The first kappa shape index (κ1) is 10.3. The third-order valence-electron chi connectivity index (χ3n) is 2.37. The Hall–Kier alpha value is -0.200. The molecule has 5 heteroatoms. The van der Waals surface area contributed by atoms with Gasteiger partial charge in [-0.25, -0.2) is 4.89 Å². The molecule has 2 atom stereocenters. The van der Waals surface area contributed by atoms with Crippen LogP contribution in [0.1, 0.15) is 26.2 Å². The second-order valence-electron chi connectivity index (χ2n) is 3.65. The van der Waals surface area contributed by atoms with Gasteiger partial charge in [0.1, 0.15) is 6.10 Å². The van der Waals surface area contributed by atoms with Crippen LogP contribution in [-0.2, 0) is 24.3 Å². The molecular weight excluding hydrogens is 188 g/mol. The van der Waals surface area contributed by atoms with Crippen molar-refractivity contribution in [3.05, 3.63) is 0 Å². The molecule has 2 heterocycles. The van der Waals surface area contributed by atoms with E-state index in [1.54, 1.807) is 0 Å². The van der Waals surface area contributed by atoms with E-state index in [1.807, 2.05) is 0 Å². The minimum Gasteiger partial charge on any atom is -0.371 e. The van der Waals surface area contributed by atoms with Gasteiger partial charge in [0.15, 0.2) is 0 Å². The lowest BCUT2D eigenvalue weighted by Crippen LogP contribution is -2.41. The zero-order valence-electron chi connectivity index (χ0n) is 8.36. The van der Waals surface area contributed by atoms with Gasteiger partial charge in [-0.3, -0.25) is 0 Å². The minimum absolute atomic E-state index is 0.246. The van der Waals surface area contributed by atoms with Crippen molar-refractivity contribution in [3.63, 3.8) is 0 Å². The Kier molecular flexibility index (Phi) is 3.35. The molecule has 0 aliphatic carbocycles. The lowest BCUT2D eigenvalue weighted by atomic mass is 10.1. The molecule has 0 spiro atoms. The molecule has 0 aromatic heterocycles. The van der Waals surface area contributed by atoms with Crippen LogP contribution in [0.15, 0.2) is 0 Å². The predicted octanol–water partition coefficient (Wildman–Crippen LogP) is 1.18. The maximum absolute atomic E-state index is 5.68. The van der Waals surface area contributed by atoms with Gasteiger partial charge in [0.25, 0.3) is 0 Å². The third kappa shape index (κ3) is 2.65. The number of rotatable bonds is 5. The van der Waals surface area contributed by atoms with Crippen molar-refractivity contribution in [2.24, 2.45) is 0 Å². The molecule has 0 aromatic rings. The van der Waals surface area contributed by atoms with Gasteiger partial charge >= 0.3 is 0 Å². The van der Waals surface area contributed by atoms with Gasteiger partial charge < -0.3 is 9.47 Å². The highest BCUT2D eigenvalue weighted by atomic mass is 17.5. The lowest BCUT2D eigenvalue weighted by molar-refractivity contribution is -0.600. The molecule has 2 aliphatic rings. The summed E-state index contributed by atoms with van der Waals surface area (Å²) in [4.78, 5) is 9.74. The number of hydrogen-bond donors (Lipinski definition) is 0. The summed E-state index contributed by atoms with van der Waals surface area (Å²) in [6, 6.07) is 0. The van der Waals surface area contributed by atoms with Crippen LogP contribution >= 0.6 is 0 Å². The molecule has 0 amide bonds. The molecule has 2 saturated heterocycles. The fourth-order valence-electron chi connectivity index (χ4n) is 1.48. The van der Waals surface area contributed by atoms with Gasteiger partial charge in [-0.2, -0.15) is 4.89 Å². The minimum atomic E-state index is -0.626. The first-order chi connectivity index (χ1) is 6.85. The van der Waals surface area contributed by atoms with Gasteiger partial charge in [-0.15, -0.1) is 0 Å². The Morgan fingerprint density at radius 2 is 2.36 bits per heavy atom. The summed E-state index contributed by atoms with van der Waals surface area (Å²) in [5.74, 6) is -0.626. The molecule has 0 bridgehead atoms. The van der Waals surface area contributed by atoms with Gasteiger partial charge in [-0.05, 0) is 0 Å². The Bertz CT molecular complexity index is 169. The van der Waals surface area contributed by atoms with Gasteiger partial charge in [0.05, 0.1) is 19.8 Å². The summed E-state index contributed by atoms with van der Waals surface area (Å²) < 4.78 is 10.8. The van der Waals surface area contributed by atoms with Gasteiger partial charge in [0.2, 0.25) is 5.79 Å². The smallest absolute Gasteiger partial charge is 0.207 e. The van der Waals surface area contributed by atoms with E-state index >= 15 is 0 Å². The van der Waals surface area contributed by atoms with E-state index in [-0.39, 0.29) is 6.10 Å². The van der Waals surface area contributed by atoms with E-state index in [0.717, 1.165) is 19.4 Å². The molecule has 2 fully saturated rings. The van der Waals surface area contributed by atoms with E-state index in [0.29, 0.717) is 19.6 Å². The SMILES string of the molecule is CCCC1(OCC2CO2)CCOOO1. The van der Waals surface area contributed by atoms with Gasteiger partial charge in [-0.1, -0.05) is 18.4 Å². The maximum atomic E-state index is 5.68. The van der Waals surface area contributed by atoms with E-state index in [2.05, 4.69) is 16.8 Å². The second kappa shape index (κ2) is 4.55. The standard InChI is InChI=1S/C9H16O5/c1-2-3-9(4-5-12-14-13-9)11-7-8-6-10-8/h8H,2-7H2,1H3. The molecule has 2 rings (SSSR count). The zero-order chi connectivity index (χ0) is 9.86. The fourth-order valence-corrected chi connectivity index (χ4v) is 1.48. The van der Waals surface area contributed by atoms with E-state index in [9.17, 15) is 0 Å². The van der Waals surface area contributed by atoms with Crippen molar-refractivity contribution in [2.45, 2.75) is 38.1 Å². The summed E-state index contributed by atoms with van der Waals surface area (Å²) in [5, 5.41) is 4.52. The molecule has 2 aliphatic heterocycles. The first-order valence-electron chi connectivity index (χ1n) is 5.07. The van der Waals surface area contributed by atoms with Crippen LogP contribution in [0.5, 0.6) is 0 Å². The van der Waals surface area contributed by atoms with Crippen molar-refractivity contribution in [1.82, 2.24) is 0 Å². The van der Waals surface area contributed by atoms with E-state index < -0.39 is 5.79 Å². The van der Waals surface area contributed by atoms with Crippen molar-refractivity contribution >= 4 is 0 Å². The van der Waals surface area contributed by atoms with E-state index in [4.69, 9.17) is 14.4 Å². The highest BCUT2D eigenvalue weighted by Crippen LogP contribution is 2.29. The van der Waals surface area contributed by atoms with Crippen LogP contribution in [0.4, 0.5) is 0 Å². The molecule has 82 valence electrons. The maximum Gasteiger partial charge on any atom is 0.207 e.